The van der Waals surface area contributed by atoms with Crippen molar-refractivity contribution in [1.29, 1.82) is 0 Å². The van der Waals surface area contributed by atoms with E-state index in [9.17, 15) is 4.39 Å². The minimum absolute atomic E-state index is 0.165. The van der Waals surface area contributed by atoms with Gasteiger partial charge in [-0.05, 0) is 47.0 Å². The molecule has 3 heteroatoms. The van der Waals surface area contributed by atoms with Gasteiger partial charge in [0.05, 0.1) is 0 Å². The average molecular weight is 268 g/mol. The summed E-state index contributed by atoms with van der Waals surface area (Å²) in [4.78, 5) is 1.13. The van der Waals surface area contributed by atoms with Crippen LogP contribution in [-0.4, -0.2) is 6.26 Å². The molecule has 0 saturated heterocycles. The number of benzene rings is 1. The van der Waals surface area contributed by atoms with E-state index in [-0.39, 0.29) is 5.82 Å². The number of thioether (sulfide) groups is 1. The Morgan fingerprint density at radius 1 is 1.50 bits per heavy atom. The van der Waals surface area contributed by atoms with Gasteiger partial charge in [0.25, 0.3) is 0 Å². The van der Waals surface area contributed by atoms with E-state index < -0.39 is 0 Å². The summed E-state index contributed by atoms with van der Waals surface area (Å²) in [5.41, 5.74) is 0. The first-order valence-corrected chi connectivity index (χ1v) is 5.03. The van der Waals surface area contributed by atoms with Gasteiger partial charge in [-0.25, -0.2) is 4.39 Å². The predicted molar refractivity (Wildman–Crippen MR) is 50.9 cm³/mol. The Morgan fingerprint density at radius 2 is 2.20 bits per heavy atom. The van der Waals surface area contributed by atoms with Crippen LogP contribution in [0.3, 0.4) is 0 Å². The van der Waals surface area contributed by atoms with E-state index in [1.54, 1.807) is 17.8 Å². The van der Waals surface area contributed by atoms with Crippen LogP contribution in [0, 0.1) is 9.39 Å². The van der Waals surface area contributed by atoms with Crippen LogP contribution >= 0.6 is 34.4 Å². The lowest BCUT2D eigenvalue weighted by atomic mass is 10.3. The maximum atomic E-state index is 12.5. The molecule has 0 amide bonds. The van der Waals surface area contributed by atoms with E-state index in [1.807, 2.05) is 6.26 Å². The van der Waals surface area contributed by atoms with Gasteiger partial charge >= 0.3 is 0 Å². The van der Waals surface area contributed by atoms with Crippen LogP contribution in [0.15, 0.2) is 23.1 Å². The first-order chi connectivity index (χ1) is 4.74. The molecule has 0 N–H and O–H groups in total. The summed E-state index contributed by atoms with van der Waals surface area (Å²) in [7, 11) is 0. The molecule has 0 saturated carbocycles. The summed E-state index contributed by atoms with van der Waals surface area (Å²) in [6.07, 6.45) is 1.98. The molecule has 0 aliphatic carbocycles. The summed E-state index contributed by atoms with van der Waals surface area (Å²) in [6.45, 7) is 0. The Morgan fingerprint density at radius 3 is 2.70 bits per heavy atom. The molecule has 0 unspecified atom stereocenters. The molecule has 10 heavy (non-hydrogen) atoms. The van der Waals surface area contributed by atoms with Crippen LogP contribution in [-0.2, 0) is 0 Å². The Kier molecular flexibility index (Phi) is 2.97. The number of hydrogen-bond acceptors (Lipinski definition) is 1. The normalized spacial score (nSPS) is 9.90. The van der Waals surface area contributed by atoms with Gasteiger partial charge in [-0.15, -0.1) is 11.8 Å². The summed E-state index contributed by atoms with van der Waals surface area (Å²) in [6, 6.07) is 4.81. The van der Waals surface area contributed by atoms with Gasteiger partial charge in [0.1, 0.15) is 5.82 Å². The zero-order chi connectivity index (χ0) is 7.56. The fraction of sp³-hybridized carbons (Fsp3) is 0.143. The van der Waals surface area contributed by atoms with Gasteiger partial charge in [-0.2, -0.15) is 0 Å². The summed E-state index contributed by atoms with van der Waals surface area (Å²) >= 11 is 3.76. The maximum Gasteiger partial charge on any atom is 0.124 e. The van der Waals surface area contributed by atoms with Crippen molar-refractivity contribution in [3.05, 3.63) is 27.6 Å². The molecule has 0 fully saturated rings. The third-order valence-electron chi connectivity index (χ3n) is 1.11. The van der Waals surface area contributed by atoms with Crippen LogP contribution in [0.25, 0.3) is 0 Å². The fourth-order valence-electron chi connectivity index (χ4n) is 0.641. The van der Waals surface area contributed by atoms with Gasteiger partial charge in [0, 0.05) is 8.47 Å². The fourth-order valence-corrected chi connectivity index (χ4v) is 2.24. The van der Waals surface area contributed by atoms with E-state index in [0.29, 0.717) is 0 Å². The molecule has 0 heterocycles. The molecule has 1 aromatic carbocycles. The Hall–Kier alpha value is 0.230. The monoisotopic (exact) mass is 268 g/mol. The Bertz CT molecular complexity index is 237. The van der Waals surface area contributed by atoms with Crippen molar-refractivity contribution >= 4 is 34.4 Å². The lowest BCUT2D eigenvalue weighted by Crippen LogP contribution is -1.79. The van der Waals surface area contributed by atoms with E-state index in [2.05, 4.69) is 22.6 Å². The zero-order valence-electron chi connectivity index (χ0n) is 5.40. The Balaban J connectivity index is 3.07. The summed E-state index contributed by atoms with van der Waals surface area (Å²) < 4.78 is 13.4. The van der Waals surface area contributed by atoms with Gasteiger partial charge in [0.15, 0.2) is 0 Å². The first-order valence-electron chi connectivity index (χ1n) is 2.73. The van der Waals surface area contributed by atoms with Gasteiger partial charge in [0.2, 0.25) is 0 Å². The van der Waals surface area contributed by atoms with Gasteiger partial charge in [-0.1, -0.05) is 0 Å². The highest BCUT2D eigenvalue weighted by Gasteiger charge is 1.97. The zero-order valence-corrected chi connectivity index (χ0v) is 8.37. The minimum atomic E-state index is -0.165. The number of hydrogen-bond donors (Lipinski definition) is 0. The summed E-state index contributed by atoms with van der Waals surface area (Å²) in [5.74, 6) is -0.165. The minimum Gasteiger partial charge on any atom is -0.207 e. The van der Waals surface area contributed by atoms with Crippen LogP contribution in [0.4, 0.5) is 4.39 Å². The third-order valence-corrected chi connectivity index (χ3v) is 3.17. The smallest absolute Gasteiger partial charge is 0.124 e. The van der Waals surface area contributed by atoms with Crippen LogP contribution in [0.2, 0.25) is 0 Å². The van der Waals surface area contributed by atoms with Crippen LogP contribution in [0.1, 0.15) is 0 Å². The molecular weight excluding hydrogens is 262 g/mol. The van der Waals surface area contributed by atoms with Crippen molar-refractivity contribution in [2.45, 2.75) is 4.90 Å². The topological polar surface area (TPSA) is 0 Å². The molecule has 0 bridgehead atoms. The maximum absolute atomic E-state index is 12.5. The van der Waals surface area contributed by atoms with Crippen molar-refractivity contribution < 1.29 is 4.39 Å². The molecule has 0 aliphatic heterocycles. The molecule has 0 aliphatic rings. The van der Waals surface area contributed by atoms with Crippen molar-refractivity contribution in [2.24, 2.45) is 0 Å². The van der Waals surface area contributed by atoms with Crippen molar-refractivity contribution in [2.75, 3.05) is 6.26 Å². The van der Waals surface area contributed by atoms with Gasteiger partial charge < -0.3 is 0 Å². The largest absolute Gasteiger partial charge is 0.207 e. The van der Waals surface area contributed by atoms with Gasteiger partial charge in [-0.3, -0.25) is 0 Å². The molecule has 0 spiro atoms. The van der Waals surface area contributed by atoms with E-state index in [1.165, 1.54) is 12.1 Å². The van der Waals surface area contributed by atoms with E-state index >= 15 is 0 Å². The lowest BCUT2D eigenvalue weighted by Gasteiger charge is -1.98. The first kappa shape index (κ1) is 8.33. The highest BCUT2D eigenvalue weighted by Crippen LogP contribution is 2.22. The lowest BCUT2D eigenvalue weighted by molar-refractivity contribution is 0.625. The van der Waals surface area contributed by atoms with Crippen molar-refractivity contribution in [3.8, 4) is 0 Å². The van der Waals surface area contributed by atoms with Crippen molar-refractivity contribution in [3.63, 3.8) is 0 Å². The van der Waals surface area contributed by atoms with E-state index in [4.69, 9.17) is 0 Å². The van der Waals surface area contributed by atoms with E-state index in [0.717, 1.165) is 8.47 Å². The van der Waals surface area contributed by atoms with Crippen LogP contribution < -0.4 is 0 Å². The molecule has 0 atom stereocenters. The molecule has 1 aromatic rings. The second-order valence-corrected chi connectivity index (χ2v) is 3.79. The standard InChI is InChI=1S/C7H6FIS/c1-10-7-3-2-5(8)4-6(7)9/h2-4H,1H3. The predicted octanol–water partition coefficient (Wildman–Crippen LogP) is 3.15. The Labute approximate surface area is 77.3 Å². The number of halogens is 2. The number of rotatable bonds is 1. The van der Waals surface area contributed by atoms with Crippen LogP contribution in [0.5, 0.6) is 0 Å². The summed E-state index contributed by atoms with van der Waals surface area (Å²) in [5, 5.41) is 0. The highest BCUT2D eigenvalue weighted by atomic mass is 127. The third kappa shape index (κ3) is 1.85. The molecule has 0 aromatic heterocycles. The highest BCUT2D eigenvalue weighted by molar-refractivity contribution is 14.1. The average Bonchev–Trinajstić information content (AvgIpc) is 1.88. The molecule has 0 nitrogen and oxygen atoms in total. The second kappa shape index (κ2) is 3.57. The second-order valence-electron chi connectivity index (χ2n) is 1.78. The molecule has 0 radical (unpaired) electrons. The molecular formula is C7H6FIS. The quantitative estimate of drug-likeness (QED) is 0.557. The molecule has 54 valence electrons. The van der Waals surface area contributed by atoms with Crippen molar-refractivity contribution in [1.82, 2.24) is 0 Å². The SMILES string of the molecule is CSc1ccc(F)cc1I. The molecule has 1 rings (SSSR count).